The lowest BCUT2D eigenvalue weighted by molar-refractivity contribution is -0.139. The Bertz CT molecular complexity index is 399. The average molecular weight is 254 g/mol. The Hall–Kier alpha value is -1.70. The highest BCUT2D eigenvalue weighted by Gasteiger charge is 2.29. The van der Waals surface area contributed by atoms with Gasteiger partial charge in [0.05, 0.1) is 0 Å². The maximum absolute atomic E-state index is 11.9. The largest absolute Gasteiger partial charge is 0.452 e. The van der Waals surface area contributed by atoms with Crippen LogP contribution in [-0.2, 0) is 23.1 Å². The maximum atomic E-state index is 11.9. The van der Waals surface area contributed by atoms with E-state index in [1.54, 1.807) is 0 Å². The molecule has 0 unspecified atom stereocenters. The molecule has 0 heterocycles. The van der Waals surface area contributed by atoms with Crippen LogP contribution in [0.25, 0.3) is 0 Å². The summed E-state index contributed by atoms with van der Waals surface area (Å²) in [6, 6.07) is 0. The fourth-order valence-corrected chi connectivity index (χ4v) is 1.93. The number of hydrogen-bond donors (Lipinski definition) is 0. The Kier molecular flexibility index (Phi) is 7.61. The molecular formula is C11H11O5P. The lowest BCUT2D eigenvalue weighted by Gasteiger charge is -2.14. The molecule has 0 aromatic rings. The summed E-state index contributed by atoms with van der Waals surface area (Å²) in [5.41, 5.74) is 0. The van der Waals surface area contributed by atoms with Gasteiger partial charge in [0, 0.05) is 0 Å². The van der Waals surface area contributed by atoms with Crippen LogP contribution < -0.4 is 0 Å². The Morgan fingerprint density at radius 1 is 1.00 bits per heavy atom. The molecule has 0 rings (SSSR count). The minimum Gasteiger partial charge on any atom is -0.452 e. The first-order chi connectivity index (χ1) is 8.08. The van der Waals surface area contributed by atoms with E-state index in [4.69, 9.17) is 28.3 Å². The summed E-state index contributed by atoms with van der Waals surface area (Å²) in [4.78, 5) is 11.2. The molecule has 0 fully saturated rings. The van der Waals surface area contributed by atoms with Gasteiger partial charge in [-0.2, -0.15) is 0 Å². The van der Waals surface area contributed by atoms with Crippen LogP contribution in [0.5, 0.6) is 0 Å². The number of hydrogen-bond acceptors (Lipinski definition) is 5. The zero-order valence-electron chi connectivity index (χ0n) is 9.05. The Morgan fingerprint density at radius 2 is 1.47 bits per heavy atom. The van der Waals surface area contributed by atoms with Crippen LogP contribution in [0.2, 0.25) is 0 Å². The van der Waals surface area contributed by atoms with E-state index in [2.05, 4.69) is 22.5 Å². The van der Waals surface area contributed by atoms with Gasteiger partial charge in [-0.3, -0.25) is 18.4 Å². The van der Waals surface area contributed by atoms with E-state index >= 15 is 0 Å². The fourth-order valence-electron chi connectivity index (χ4n) is 0.726. The normalized spacial score (nSPS) is 9.71. The molecule has 0 saturated heterocycles. The molecule has 0 bridgehead atoms. The molecule has 0 amide bonds. The van der Waals surface area contributed by atoms with Crippen molar-refractivity contribution < 1.29 is 23.1 Å². The van der Waals surface area contributed by atoms with E-state index in [0.717, 1.165) is 0 Å². The van der Waals surface area contributed by atoms with E-state index in [1.165, 1.54) is 0 Å². The number of rotatable bonds is 7. The molecule has 5 nitrogen and oxygen atoms in total. The Labute approximate surface area is 100 Å². The van der Waals surface area contributed by atoms with Crippen molar-refractivity contribution in [2.45, 2.75) is 0 Å². The SMILES string of the molecule is C#CCOC(=O)CP(=O)(OCC#C)OCC#C. The van der Waals surface area contributed by atoms with Gasteiger partial charge in [-0.25, -0.2) is 0 Å². The molecule has 0 aliphatic heterocycles. The molecule has 0 spiro atoms. The summed E-state index contributed by atoms with van der Waals surface area (Å²) in [6.45, 7) is -0.738. The zero-order valence-corrected chi connectivity index (χ0v) is 9.94. The second-order valence-corrected chi connectivity index (χ2v) is 4.64. The monoisotopic (exact) mass is 254 g/mol. The maximum Gasteiger partial charge on any atom is 0.343 e. The van der Waals surface area contributed by atoms with E-state index in [-0.39, 0.29) is 19.8 Å². The third kappa shape index (κ3) is 7.23. The standard InChI is InChI=1S/C11H11O5P/c1-4-7-14-11(12)10-17(13,15-8-5-2)16-9-6-3/h1-3H,7-10H2. The third-order valence-corrected chi connectivity index (χ3v) is 3.02. The van der Waals surface area contributed by atoms with Gasteiger partial charge >= 0.3 is 13.6 Å². The highest BCUT2D eigenvalue weighted by Crippen LogP contribution is 2.47. The Morgan fingerprint density at radius 3 is 1.88 bits per heavy atom. The average Bonchev–Trinajstić information content (AvgIpc) is 2.31. The smallest absolute Gasteiger partial charge is 0.343 e. The minimum atomic E-state index is -3.68. The molecule has 0 radical (unpaired) electrons. The van der Waals surface area contributed by atoms with Crippen LogP contribution in [0.15, 0.2) is 0 Å². The second-order valence-electron chi connectivity index (χ2n) is 2.59. The molecule has 0 atom stereocenters. The number of ether oxygens (including phenoxy) is 1. The van der Waals surface area contributed by atoms with Gasteiger partial charge in [0.2, 0.25) is 0 Å². The van der Waals surface area contributed by atoms with Crippen molar-refractivity contribution in [2.24, 2.45) is 0 Å². The number of carbonyl (C=O) groups is 1. The molecule has 0 aliphatic carbocycles. The first kappa shape index (κ1) is 15.3. The quantitative estimate of drug-likeness (QED) is 0.379. The van der Waals surface area contributed by atoms with Crippen LogP contribution in [-0.4, -0.2) is 32.0 Å². The number of terminal acetylenes is 3. The molecule has 0 aliphatic rings. The van der Waals surface area contributed by atoms with E-state index in [1.807, 2.05) is 0 Å². The highest BCUT2D eigenvalue weighted by atomic mass is 31.2. The van der Waals surface area contributed by atoms with E-state index in [9.17, 15) is 9.36 Å². The van der Waals surface area contributed by atoms with Gasteiger partial charge in [-0.15, -0.1) is 19.3 Å². The van der Waals surface area contributed by atoms with Gasteiger partial charge in [-0.1, -0.05) is 17.8 Å². The fraction of sp³-hybridized carbons (Fsp3) is 0.364. The van der Waals surface area contributed by atoms with Crippen molar-refractivity contribution in [3.8, 4) is 37.0 Å². The van der Waals surface area contributed by atoms with Crippen molar-refractivity contribution in [3.05, 3.63) is 0 Å². The van der Waals surface area contributed by atoms with Crippen LogP contribution >= 0.6 is 7.60 Å². The second kappa shape index (κ2) is 8.45. The number of carbonyl (C=O) groups excluding carboxylic acids is 1. The van der Waals surface area contributed by atoms with Gasteiger partial charge < -0.3 is 4.74 Å². The molecule has 0 aromatic carbocycles. The van der Waals surface area contributed by atoms with Crippen LogP contribution in [0, 0.1) is 37.0 Å². The molecular weight excluding hydrogens is 243 g/mol. The van der Waals surface area contributed by atoms with Crippen LogP contribution in [0.4, 0.5) is 0 Å². The van der Waals surface area contributed by atoms with Crippen molar-refractivity contribution >= 4 is 13.6 Å². The predicted molar refractivity (Wildman–Crippen MR) is 61.8 cm³/mol. The molecule has 0 N–H and O–H groups in total. The predicted octanol–water partition coefficient (Wildman–Crippen LogP) is 0.655. The zero-order chi connectivity index (χ0) is 13.1. The molecule has 0 aromatic heterocycles. The van der Waals surface area contributed by atoms with Crippen LogP contribution in [0.1, 0.15) is 0 Å². The third-order valence-electron chi connectivity index (χ3n) is 1.33. The van der Waals surface area contributed by atoms with Gasteiger partial charge in [-0.05, 0) is 0 Å². The van der Waals surface area contributed by atoms with Crippen molar-refractivity contribution in [1.82, 2.24) is 0 Å². The van der Waals surface area contributed by atoms with Gasteiger partial charge in [0.1, 0.15) is 19.4 Å². The van der Waals surface area contributed by atoms with Gasteiger partial charge in [0.25, 0.3) is 0 Å². The summed E-state index contributed by atoms with van der Waals surface area (Å²) < 4.78 is 26.0. The number of esters is 1. The summed E-state index contributed by atoms with van der Waals surface area (Å²) in [6.07, 6.45) is 14.2. The van der Waals surface area contributed by atoms with Crippen molar-refractivity contribution in [3.63, 3.8) is 0 Å². The Balaban J connectivity index is 4.44. The summed E-state index contributed by atoms with van der Waals surface area (Å²) in [5.74, 6) is 5.50. The first-order valence-corrected chi connectivity index (χ1v) is 6.15. The van der Waals surface area contributed by atoms with E-state index < -0.39 is 19.7 Å². The summed E-state index contributed by atoms with van der Waals surface area (Å²) >= 11 is 0. The topological polar surface area (TPSA) is 61.8 Å². The summed E-state index contributed by atoms with van der Waals surface area (Å²) in [5, 5.41) is 0. The lowest BCUT2D eigenvalue weighted by atomic mass is 10.7. The van der Waals surface area contributed by atoms with Crippen molar-refractivity contribution in [1.29, 1.82) is 0 Å². The minimum absolute atomic E-state index is 0.219. The van der Waals surface area contributed by atoms with Crippen LogP contribution in [0.3, 0.4) is 0 Å². The molecule has 0 saturated carbocycles. The molecule has 6 heteroatoms. The van der Waals surface area contributed by atoms with Gasteiger partial charge in [0.15, 0.2) is 6.61 Å². The highest BCUT2D eigenvalue weighted by molar-refractivity contribution is 7.54. The summed E-state index contributed by atoms with van der Waals surface area (Å²) in [7, 11) is -3.68. The lowest BCUT2D eigenvalue weighted by Crippen LogP contribution is -2.13. The first-order valence-electron chi connectivity index (χ1n) is 4.42. The van der Waals surface area contributed by atoms with Crippen molar-refractivity contribution in [2.75, 3.05) is 26.0 Å². The molecule has 90 valence electrons. The van der Waals surface area contributed by atoms with E-state index in [0.29, 0.717) is 0 Å². The molecule has 17 heavy (non-hydrogen) atoms.